The van der Waals surface area contributed by atoms with E-state index in [1.54, 1.807) is 30.3 Å². The van der Waals surface area contributed by atoms with E-state index >= 15 is 0 Å². The average molecular weight is 542 g/mol. The van der Waals surface area contributed by atoms with Gasteiger partial charge in [-0.1, -0.05) is 18.2 Å². The first kappa shape index (κ1) is 27.6. The normalized spacial score (nSPS) is 17.3. The molecule has 2 heterocycles. The molecule has 2 fully saturated rings. The predicted molar refractivity (Wildman–Crippen MR) is 135 cm³/mol. The number of ether oxygens (including phenoxy) is 1. The number of carboxylic acid groups (broad SMARTS) is 2. The molecule has 1 aromatic carbocycles. The molecule has 2 aliphatic rings. The highest BCUT2D eigenvalue weighted by Crippen LogP contribution is 2.28. The molecule has 0 bridgehead atoms. The number of amides is 3. The van der Waals surface area contributed by atoms with Gasteiger partial charge >= 0.3 is 11.9 Å². The Morgan fingerprint density at radius 1 is 1.08 bits per heavy atom. The topological polar surface area (TPSA) is 180 Å². The first-order chi connectivity index (χ1) is 18.7. The lowest BCUT2D eigenvalue weighted by Crippen LogP contribution is -2.47. The highest BCUT2D eigenvalue weighted by Gasteiger charge is 2.35. The van der Waals surface area contributed by atoms with E-state index in [1.165, 1.54) is 15.6 Å². The summed E-state index contributed by atoms with van der Waals surface area (Å²) >= 11 is 0. The summed E-state index contributed by atoms with van der Waals surface area (Å²) in [7, 11) is 0. The zero-order valence-corrected chi connectivity index (χ0v) is 21.2. The minimum atomic E-state index is -1.43. The highest BCUT2D eigenvalue weighted by atomic mass is 16.5. The molecule has 1 aromatic heterocycles. The monoisotopic (exact) mass is 541 g/mol. The molecule has 39 heavy (non-hydrogen) atoms. The van der Waals surface area contributed by atoms with Crippen LogP contribution in [0.25, 0.3) is 5.69 Å². The smallest absolute Gasteiger partial charge is 0.326 e. The number of para-hydroxylation sites is 1. The first-order valence-corrected chi connectivity index (χ1v) is 12.8. The Morgan fingerprint density at radius 3 is 2.49 bits per heavy atom. The number of likely N-dealkylation sites (tertiary alicyclic amines) is 1. The zero-order valence-electron chi connectivity index (χ0n) is 21.2. The summed E-state index contributed by atoms with van der Waals surface area (Å²) < 4.78 is 7.07. The Labute approximate surface area is 224 Å². The van der Waals surface area contributed by atoms with Crippen LogP contribution >= 0.6 is 0 Å². The van der Waals surface area contributed by atoms with Crippen LogP contribution < -0.4 is 15.4 Å². The van der Waals surface area contributed by atoms with Crippen molar-refractivity contribution < 1.29 is 38.9 Å². The number of carboxylic acids is 2. The molecule has 2 atom stereocenters. The van der Waals surface area contributed by atoms with Crippen LogP contribution in [0.15, 0.2) is 36.4 Å². The molecule has 1 saturated heterocycles. The Kier molecular flexibility index (Phi) is 8.79. The zero-order chi connectivity index (χ0) is 27.9. The molecular weight excluding hydrogens is 510 g/mol. The molecule has 13 nitrogen and oxygen atoms in total. The van der Waals surface area contributed by atoms with Crippen molar-refractivity contribution in [2.45, 2.75) is 50.6 Å². The largest absolute Gasteiger partial charge is 0.481 e. The van der Waals surface area contributed by atoms with Crippen LogP contribution in [-0.2, 0) is 19.2 Å². The molecule has 3 amide bonds. The summed E-state index contributed by atoms with van der Waals surface area (Å²) in [4.78, 5) is 62.3. The number of aliphatic carboxylic acids is 2. The summed E-state index contributed by atoms with van der Waals surface area (Å²) in [6.45, 7) is 0.651. The van der Waals surface area contributed by atoms with Gasteiger partial charge in [0.1, 0.15) is 12.1 Å². The van der Waals surface area contributed by atoms with Gasteiger partial charge in [-0.05, 0) is 50.2 Å². The third-order valence-electron chi connectivity index (χ3n) is 6.64. The van der Waals surface area contributed by atoms with Crippen LogP contribution in [0.4, 0.5) is 0 Å². The number of carbonyl (C=O) groups excluding carboxylic acids is 3. The van der Waals surface area contributed by atoms with Gasteiger partial charge in [0.25, 0.3) is 11.8 Å². The SMILES string of the molecule is O=C(O)CC[C@H](NC(=O)c1cc(OCC(=O)N2CCC[C@H]2C(=O)NCC2CC2)n(-c2ccccc2)n1)C(=O)O. The number of nitrogens with one attached hydrogen (secondary N) is 2. The quantitative estimate of drug-likeness (QED) is 0.285. The summed E-state index contributed by atoms with van der Waals surface area (Å²) in [5, 5.41) is 27.7. The van der Waals surface area contributed by atoms with Gasteiger partial charge in [-0.3, -0.25) is 19.2 Å². The van der Waals surface area contributed by atoms with Gasteiger partial charge in [-0.25, -0.2) is 9.48 Å². The fourth-order valence-corrected chi connectivity index (χ4v) is 4.33. The van der Waals surface area contributed by atoms with Crippen molar-refractivity contribution in [1.29, 1.82) is 0 Å². The van der Waals surface area contributed by atoms with Gasteiger partial charge in [0.05, 0.1) is 5.69 Å². The Morgan fingerprint density at radius 2 is 1.82 bits per heavy atom. The Balaban J connectivity index is 1.46. The molecule has 0 spiro atoms. The van der Waals surface area contributed by atoms with Gasteiger partial charge < -0.3 is 30.5 Å². The second-order valence-corrected chi connectivity index (χ2v) is 9.63. The average Bonchev–Trinajstić information content (AvgIpc) is 3.43. The first-order valence-electron chi connectivity index (χ1n) is 12.8. The standard InChI is InChI=1S/C26H31N5O8/c32-21(30-12-4-7-20(30)25(36)27-14-16-8-9-16)15-39-22-13-19(29-31(22)17-5-2-1-3-6-17)24(35)28-18(26(37)38)10-11-23(33)34/h1-3,5-6,13,16,18,20H,4,7-12,14-15H2,(H,27,36)(H,28,35)(H,33,34)(H,37,38)/t18-,20-/m0/s1. The number of hydrogen-bond acceptors (Lipinski definition) is 7. The second kappa shape index (κ2) is 12.4. The lowest BCUT2D eigenvalue weighted by Gasteiger charge is -2.24. The van der Waals surface area contributed by atoms with E-state index in [2.05, 4.69) is 15.7 Å². The van der Waals surface area contributed by atoms with Gasteiger partial charge in [-0.2, -0.15) is 5.10 Å². The summed E-state index contributed by atoms with van der Waals surface area (Å²) in [6, 6.07) is 7.97. The van der Waals surface area contributed by atoms with E-state index < -0.39 is 43.0 Å². The van der Waals surface area contributed by atoms with E-state index in [1.807, 2.05) is 0 Å². The minimum Gasteiger partial charge on any atom is -0.481 e. The van der Waals surface area contributed by atoms with Crippen molar-refractivity contribution in [1.82, 2.24) is 25.3 Å². The maximum absolute atomic E-state index is 13.0. The van der Waals surface area contributed by atoms with E-state index in [9.17, 15) is 29.1 Å². The van der Waals surface area contributed by atoms with Gasteiger partial charge in [0.2, 0.25) is 11.8 Å². The molecule has 4 N–H and O–H groups in total. The van der Waals surface area contributed by atoms with Gasteiger partial charge in [-0.15, -0.1) is 0 Å². The number of rotatable bonds is 13. The van der Waals surface area contributed by atoms with Gasteiger partial charge in [0, 0.05) is 25.6 Å². The lowest BCUT2D eigenvalue weighted by atomic mass is 10.1. The van der Waals surface area contributed by atoms with Crippen molar-refractivity contribution in [3.8, 4) is 11.6 Å². The highest BCUT2D eigenvalue weighted by molar-refractivity contribution is 5.95. The molecule has 4 rings (SSSR count). The van der Waals surface area contributed by atoms with E-state index in [-0.39, 0.29) is 29.8 Å². The Hall–Kier alpha value is -4.42. The molecular formula is C26H31N5O8. The molecule has 13 heteroatoms. The summed E-state index contributed by atoms with van der Waals surface area (Å²) in [5.74, 6) is -3.38. The fraction of sp³-hybridized carbons (Fsp3) is 0.462. The second-order valence-electron chi connectivity index (χ2n) is 9.63. The molecule has 1 aliphatic carbocycles. The van der Waals surface area contributed by atoms with Crippen LogP contribution in [-0.4, -0.2) is 86.3 Å². The lowest BCUT2D eigenvalue weighted by molar-refractivity contribution is -0.140. The summed E-state index contributed by atoms with van der Waals surface area (Å²) in [5.41, 5.74) is 0.347. The van der Waals surface area contributed by atoms with Crippen molar-refractivity contribution in [2.75, 3.05) is 19.7 Å². The van der Waals surface area contributed by atoms with Crippen molar-refractivity contribution >= 4 is 29.7 Å². The number of hydrogen-bond donors (Lipinski definition) is 4. The number of carbonyl (C=O) groups is 5. The third-order valence-corrected chi connectivity index (χ3v) is 6.64. The number of aromatic nitrogens is 2. The van der Waals surface area contributed by atoms with Crippen LogP contribution in [0, 0.1) is 5.92 Å². The van der Waals surface area contributed by atoms with Crippen molar-refractivity contribution in [3.05, 3.63) is 42.1 Å². The molecule has 2 aromatic rings. The molecule has 208 valence electrons. The molecule has 0 radical (unpaired) electrons. The maximum Gasteiger partial charge on any atom is 0.326 e. The molecule has 1 aliphatic heterocycles. The van der Waals surface area contributed by atoms with Crippen molar-refractivity contribution in [2.24, 2.45) is 5.92 Å². The van der Waals surface area contributed by atoms with Crippen LogP contribution in [0.2, 0.25) is 0 Å². The molecule has 1 saturated carbocycles. The molecule has 0 unspecified atom stereocenters. The third kappa shape index (κ3) is 7.33. The van der Waals surface area contributed by atoms with Gasteiger partial charge in [0.15, 0.2) is 12.3 Å². The van der Waals surface area contributed by atoms with E-state index in [0.717, 1.165) is 12.8 Å². The van der Waals surface area contributed by atoms with E-state index in [4.69, 9.17) is 9.84 Å². The number of benzene rings is 1. The minimum absolute atomic E-state index is 0.0612. The van der Waals surface area contributed by atoms with Crippen LogP contribution in [0.3, 0.4) is 0 Å². The van der Waals surface area contributed by atoms with Crippen LogP contribution in [0.1, 0.15) is 49.0 Å². The maximum atomic E-state index is 13.0. The Bertz CT molecular complexity index is 1230. The fourth-order valence-electron chi connectivity index (χ4n) is 4.33. The van der Waals surface area contributed by atoms with E-state index in [0.29, 0.717) is 37.5 Å². The van der Waals surface area contributed by atoms with Crippen LogP contribution in [0.5, 0.6) is 5.88 Å². The summed E-state index contributed by atoms with van der Waals surface area (Å²) in [6.07, 6.45) is 2.74. The predicted octanol–water partition coefficient (Wildman–Crippen LogP) is 0.816. The van der Waals surface area contributed by atoms with Crippen molar-refractivity contribution in [3.63, 3.8) is 0 Å². The number of nitrogens with zero attached hydrogens (tertiary/aromatic N) is 3.